The minimum absolute atomic E-state index is 0.0289. The SMILES string of the molecule is Cc1cc(NS(=O)(=O)c2cc(CN)oc2Br)cc(C)c1Br. The molecule has 0 radical (unpaired) electrons. The van der Waals surface area contributed by atoms with Gasteiger partial charge in [0.1, 0.15) is 10.7 Å². The third-order valence-electron chi connectivity index (χ3n) is 2.89. The van der Waals surface area contributed by atoms with Gasteiger partial charge < -0.3 is 10.2 Å². The zero-order chi connectivity index (χ0) is 15.8. The second-order valence-electron chi connectivity index (χ2n) is 4.58. The van der Waals surface area contributed by atoms with E-state index in [4.69, 9.17) is 10.2 Å². The molecule has 0 bridgehead atoms. The molecule has 0 saturated carbocycles. The van der Waals surface area contributed by atoms with E-state index in [9.17, 15) is 8.42 Å². The number of furan rings is 1. The van der Waals surface area contributed by atoms with Gasteiger partial charge in [0.25, 0.3) is 10.0 Å². The molecule has 1 aromatic carbocycles. The predicted octanol–water partition coefficient (Wildman–Crippen LogP) is 3.68. The van der Waals surface area contributed by atoms with Gasteiger partial charge in [-0.2, -0.15) is 0 Å². The van der Waals surface area contributed by atoms with Crippen LogP contribution in [0.3, 0.4) is 0 Å². The smallest absolute Gasteiger partial charge is 0.266 e. The average Bonchev–Trinajstić information content (AvgIpc) is 2.77. The summed E-state index contributed by atoms with van der Waals surface area (Å²) in [5.41, 5.74) is 7.84. The van der Waals surface area contributed by atoms with E-state index in [2.05, 4.69) is 36.6 Å². The summed E-state index contributed by atoms with van der Waals surface area (Å²) >= 11 is 6.55. The van der Waals surface area contributed by atoms with Crippen LogP contribution in [0.15, 0.2) is 36.7 Å². The minimum Gasteiger partial charge on any atom is -0.452 e. The van der Waals surface area contributed by atoms with Gasteiger partial charge in [0.15, 0.2) is 4.67 Å². The molecule has 2 rings (SSSR count). The Morgan fingerprint density at radius 1 is 1.19 bits per heavy atom. The van der Waals surface area contributed by atoms with Crippen LogP contribution in [0.5, 0.6) is 0 Å². The first-order chi connectivity index (χ1) is 9.74. The van der Waals surface area contributed by atoms with Gasteiger partial charge in [0.05, 0.1) is 6.54 Å². The lowest BCUT2D eigenvalue weighted by Crippen LogP contribution is -2.13. The predicted molar refractivity (Wildman–Crippen MR) is 88.7 cm³/mol. The van der Waals surface area contributed by atoms with Crippen LogP contribution in [-0.2, 0) is 16.6 Å². The summed E-state index contributed by atoms with van der Waals surface area (Å²) in [5.74, 6) is 0.394. The van der Waals surface area contributed by atoms with E-state index in [1.165, 1.54) is 6.07 Å². The third kappa shape index (κ3) is 3.50. The molecule has 0 amide bonds. The highest BCUT2D eigenvalue weighted by Gasteiger charge is 2.22. The number of hydrogen-bond donors (Lipinski definition) is 2. The van der Waals surface area contributed by atoms with E-state index in [1.807, 2.05) is 13.8 Å². The number of nitrogens with one attached hydrogen (secondary N) is 1. The molecule has 0 aliphatic carbocycles. The van der Waals surface area contributed by atoms with Gasteiger partial charge in [0.2, 0.25) is 0 Å². The van der Waals surface area contributed by atoms with E-state index in [1.54, 1.807) is 12.1 Å². The van der Waals surface area contributed by atoms with Crippen molar-refractivity contribution < 1.29 is 12.8 Å². The molecule has 21 heavy (non-hydrogen) atoms. The molecular formula is C13H14Br2N2O3S. The summed E-state index contributed by atoms with van der Waals surface area (Å²) in [5, 5.41) is 0. The van der Waals surface area contributed by atoms with Crippen molar-refractivity contribution in [2.75, 3.05) is 4.72 Å². The lowest BCUT2D eigenvalue weighted by molar-refractivity contribution is 0.484. The lowest BCUT2D eigenvalue weighted by Gasteiger charge is -2.10. The van der Waals surface area contributed by atoms with E-state index in [-0.39, 0.29) is 16.1 Å². The Labute approximate surface area is 140 Å². The van der Waals surface area contributed by atoms with Crippen LogP contribution >= 0.6 is 31.9 Å². The van der Waals surface area contributed by atoms with Crippen LogP contribution in [0.4, 0.5) is 5.69 Å². The number of aryl methyl sites for hydroxylation is 2. The Morgan fingerprint density at radius 3 is 2.24 bits per heavy atom. The molecule has 114 valence electrons. The number of anilines is 1. The van der Waals surface area contributed by atoms with Crippen LogP contribution < -0.4 is 10.5 Å². The highest BCUT2D eigenvalue weighted by atomic mass is 79.9. The molecule has 0 atom stereocenters. The van der Waals surface area contributed by atoms with Crippen molar-refractivity contribution in [1.82, 2.24) is 0 Å². The maximum Gasteiger partial charge on any atom is 0.266 e. The van der Waals surface area contributed by atoms with Gasteiger partial charge in [0, 0.05) is 16.2 Å². The summed E-state index contributed by atoms with van der Waals surface area (Å²) < 4.78 is 33.7. The zero-order valence-corrected chi connectivity index (χ0v) is 15.4. The summed E-state index contributed by atoms with van der Waals surface area (Å²) in [4.78, 5) is 0.0289. The standard InChI is InChI=1S/C13H14Br2N2O3S/c1-7-3-9(4-8(2)12(7)14)17-21(18,19)11-5-10(6-16)20-13(11)15/h3-5,17H,6,16H2,1-2H3. The number of sulfonamides is 1. The van der Waals surface area contributed by atoms with Crippen LogP contribution in [0.2, 0.25) is 0 Å². The highest BCUT2D eigenvalue weighted by Crippen LogP contribution is 2.30. The number of halogens is 2. The first-order valence-corrected chi connectivity index (χ1v) is 9.09. The van der Waals surface area contributed by atoms with Gasteiger partial charge in [-0.1, -0.05) is 15.9 Å². The third-order valence-corrected chi connectivity index (χ3v) is 6.37. The van der Waals surface area contributed by atoms with Crippen molar-refractivity contribution >= 4 is 47.6 Å². The zero-order valence-electron chi connectivity index (χ0n) is 11.4. The largest absolute Gasteiger partial charge is 0.452 e. The molecule has 8 heteroatoms. The Morgan fingerprint density at radius 2 is 1.76 bits per heavy atom. The van der Waals surface area contributed by atoms with E-state index >= 15 is 0 Å². The maximum atomic E-state index is 12.4. The fourth-order valence-electron chi connectivity index (χ4n) is 1.90. The number of benzene rings is 1. The van der Waals surface area contributed by atoms with Gasteiger partial charge in [-0.3, -0.25) is 4.72 Å². The van der Waals surface area contributed by atoms with Crippen LogP contribution in [0.25, 0.3) is 0 Å². The molecule has 2 aromatic rings. The first-order valence-electron chi connectivity index (χ1n) is 6.02. The normalized spacial score (nSPS) is 11.7. The second-order valence-corrected chi connectivity index (χ2v) is 7.75. The molecule has 5 nitrogen and oxygen atoms in total. The Hall–Kier alpha value is -0.830. The monoisotopic (exact) mass is 436 g/mol. The minimum atomic E-state index is -3.74. The van der Waals surface area contributed by atoms with Crippen molar-refractivity contribution in [3.05, 3.63) is 44.2 Å². The summed E-state index contributed by atoms with van der Waals surface area (Å²) in [6, 6.07) is 4.92. The van der Waals surface area contributed by atoms with Crippen LogP contribution in [0, 0.1) is 13.8 Å². The summed E-state index contributed by atoms with van der Waals surface area (Å²) in [6.45, 7) is 3.93. The van der Waals surface area contributed by atoms with Crippen molar-refractivity contribution in [3.8, 4) is 0 Å². The molecule has 0 spiro atoms. The maximum absolute atomic E-state index is 12.4. The van der Waals surface area contributed by atoms with E-state index in [0.29, 0.717) is 11.4 Å². The summed E-state index contributed by atoms with van der Waals surface area (Å²) in [7, 11) is -3.74. The number of hydrogen-bond acceptors (Lipinski definition) is 4. The Kier molecular flexibility index (Phi) is 4.82. The van der Waals surface area contributed by atoms with Crippen molar-refractivity contribution in [2.24, 2.45) is 5.73 Å². The van der Waals surface area contributed by atoms with Gasteiger partial charge in [-0.15, -0.1) is 0 Å². The van der Waals surface area contributed by atoms with Crippen LogP contribution in [-0.4, -0.2) is 8.42 Å². The average molecular weight is 438 g/mol. The molecule has 0 aliphatic heterocycles. The first kappa shape index (κ1) is 16.5. The molecule has 0 saturated heterocycles. The topological polar surface area (TPSA) is 85.3 Å². The number of rotatable bonds is 4. The molecule has 0 fully saturated rings. The number of nitrogens with two attached hydrogens (primary N) is 1. The highest BCUT2D eigenvalue weighted by molar-refractivity contribution is 9.10. The van der Waals surface area contributed by atoms with E-state index in [0.717, 1.165) is 15.6 Å². The summed E-state index contributed by atoms with van der Waals surface area (Å²) in [6.07, 6.45) is 0. The van der Waals surface area contributed by atoms with Gasteiger partial charge in [-0.25, -0.2) is 8.42 Å². The molecule has 3 N–H and O–H groups in total. The van der Waals surface area contributed by atoms with Gasteiger partial charge in [-0.05, 0) is 53.0 Å². The molecular weight excluding hydrogens is 424 g/mol. The second kappa shape index (κ2) is 6.12. The fourth-order valence-corrected chi connectivity index (χ4v) is 4.16. The van der Waals surface area contributed by atoms with Crippen LogP contribution in [0.1, 0.15) is 16.9 Å². The Balaban J connectivity index is 2.39. The van der Waals surface area contributed by atoms with Crippen molar-refractivity contribution in [3.63, 3.8) is 0 Å². The van der Waals surface area contributed by atoms with Gasteiger partial charge >= 0.3 is 0 Å². The van der Waals surface area contributed by atoms with Crippen molar-refractivity contribution in [2.45, 2.75) is 25.3 Å². The fraction of sp³-hybridized carbons (Fsp3) is 0.231. The van der Waals surface area contributed by atoms with Crippen molar-refractivity contribution in [1.29, 1.82) is 0 Å². The quantitative estimate of drug-likeness (QED) is 0.763. The molecule has 1 heterocycles. The molecule has 0 unspecified atom stereocenters. The lowest BCUT2D eigenvalue weighted by atomic mass is 10.1. The molecule has 0 aliphatic rings. The van der Waals surface area contributed by atoms with E-state index < -0.39 is 10.0 Å². The molecule has 1 aromatic heterocycles. The Bertz CT molecular complexity index is 762.